The number of aromatic amines is 1. The Hall–Kier alpha value is -3.13. The lowest BCUT2D eigenvalue weighted by atomic mass is 10.2. The molecular weight excluding hydrogens is 350 g/mol. The molecule has 3 aromatic rings. The number of anilines is 2. The van der Waals surface area contributed by atoms with Crippen molar-refractivity contribution in [2.24, 2.45) is 5.73 Å². The van der Waals surface area contributed by atoms with E-state index < -0.39 is 5.91 Å². The highest BCUT2D eigenvalue weighted by Crippen LogP contribution is 2.28. The third-order valence-corrected chi connectivity index (χ3v) is 5.07. The molecule has 1 aromatic carbocycles. The molecule has 4 N–H and O–H groups in total. The lowest BCUT2D eigenvalue weighted by Gasteiger charge is -2.18. The summed E-state index contributed by atoms with van der Waals surface area (Å²) in [4.78, 5) is 32.8. The van der Waals surface area contributed by atoms with Crippen LogP contribution in [0.2, 0.25) is 0 Å². The molecule has 0 saturated heterocycles. The second-order valence-corrected chi connectivity index (χ2v) is 6.91. The van der Waals surface area contributed by atoms with Crippen molar-refractivity contribution < 1.29 is 9.59 Å². The van der Waals surface area contributed by atoms with Gasteiger partial charge in [0, 0.05) is 29.4 Å². The summed E-state index contributed by atoms with van der Waals surface area (Å²) in [6.45, 7) is 1.14. The minimum atomic E-state index is -0.522. The molecular formula is C18H17N5O2S. The lowest BCUT2D eigenvalue weighted by molar-refractivity contribution is -0.115. The SMILES string of the molecule is NC(=O)c1cc(-c2csc(NC(=O)CN3CCc4ccccc43)n2)c[nH]1. The average molecular weight is 367 g/mol. The van der Waals surface area contributed by atoms with Crippen LogP contribution in [0.15, 0.2) is 41.9 Å². The van der Waals surface area contributed by atoms with Crippen LogP contribution in [0.4, 0.5) is 10.8 Å². The van der Waals surface area contributed by atoms with Gasteiger partial charge in [0.2, 0.25) is 5.91 Å². The van der Waals surface area contributed by atoms with Crippen molar-refractivity contribution in [2.45, 2.75) is 6.42 Å². The Morgan fingerprint density at radius 1 is 1.35 bits per heavy atom. The number of para-hydroxylation sites is 1. The fraction of sp³-hybridized carbons (Fsp3) is 0.167. The monoisotopic (exact) mass is 367 g/mol. The molecule has 0 aliphatic carbocycles. The smallest absolute Gasteiger partial charge is 0.265 e. The predicted molar refractivity (Wildman–Crippen MR) is 101 cm³/mol. The van der Waals surface area contributed by atoms with Crippen molar-refractivity contribution in [1.82, 2.24) is 9.97 Å². The van der Waals surface area contributed by atoms with Crippen molar-refractivity contribution in [3.05, 3.63) is 53.2 Å². The number of nitrogens with two attached hydrogens (primary N) is 1. The van der Waals surface area contributed by atoms with E-state index in [0.29, 0.717) is 23.1 Å². The van der Waals surface area contributed by atoms with Gasteiger partial charge in [-0.15, -0.1) is 11.3 Å². The van der Waals surface area contributed by atoms with E-state index in [9.17, 15) is 9.59 Å². The molecule has 4 rings (SSSR count). The van der Waals surface area contributed by atoms with Crippen molar-refractivity contribution >= 4 is 34.0 Å². The number of amides is 2. The van der Waals surface area contributed by atoms with Gasteiger partial charge in [0.1, 0.15) is 5.69 Å². The van der Waals surface area contributed by atoms with Gasteiger partial charge in [0.25, 0.3) is 5.91 Å². The lowest BCUT2D eigenvalue weighted by Crippen LogP contribution is -2.31. The summed E-state index contributed by atoms with van der Waals surface area (Å²) in [6, 6.07) is 9.78. The molecule has 0 radical (unpaired) electrons. The third-order valence-electron chi connectivity index (χ3n) is 4.31. The summed E-state index contributed by atoms with van der Waals surface area (Å²) >= 11 is 1.34. The minimum absolute atomic E-state index is 0.102. The topological polar surface area (TPSA) is 104 Å². The number of hydrogen-bond acceptors (Lipinski definition) is 5. The number of benzene rings is 1. The molecule has 0 atom stereocenters. The molecule has 3 heterocycles. The molecule has 2 amide bonds. The highest BCUT2D eigenvalue weighted by atomic mass is 32.1. The van der Waals surface area contributed by atoms with Crippen molar-refractivity contribution in [1.29, 1.82) is 0 Å². The summed E-state index contributed by atoms with van der Waals surface area (Å²) in [5, 5.41) is 5.20. The molecule has 0 bridgehead atoms. The molecule has 8 heteroatoms. The van der Waals surface area contributed by atoms with Crippen LogP contribution in [-0.4, -0.2) is 34.9 Å². The Balaban J connectivity index is 1.41. The highest BCUT2D eigenvalue weighted by Gasteiger charge is 2.21. The van der Waals surface area contributed by atoms with Crippen LogP contribution >= 0.6 is 11.3 Å². The second kappa shape index (κ2) is 6.64. The first-order chi connectivity index (χ1) is 12.6. The Morgan fingerprint density at radius 2 is 2.19 bits per heavy atom. The number of hydrogen-bond donors (Lipinski definition) is 3. The number of fused-ring (bicyclic) bond motifs is 1. The van der Waals surface area contributed by atoms with Crippen LogP contribution in [0.25, 0.3) is 11.3 Å². The summed E-state index contributed by atoms with van der Waals surface area (Å²) in [5.74, 6) is -0.625. The fourth-order valence-electron chi connectivity index (χ4n) is 3.05. The van der Waals surface area contributed by atoms with Gasteiger partial charge in [-0.2, -0.15) is 0 Å². The Labute approximate surface area is 153 Å². The molecule has 2 aromatic heterocycles. The van der Waals surface area contributed by atoms with Gasteiger partial charge in [-0.1, -0.05) is 18.2 Å². The van der Waals surface area contributed by atoms with E-state index in [1.165, 1.54) is 16.9 Å². The molecule has 132 valence electrons. The Bertz CT molecular complexity index is 977. The number of rotatable bonds is 5. The van der Waals surface area contributed by atoms with Crippen LogP contribution in [-0.2, 0) is 11.2 Å². The van der Waals surface area contributed by atoms with Gasteiger partial charge < -0.3 is 20.9 Å². The number of H-pyrrole nitrogens is 1. The number of aromatic nitrogens is 2. The van der Waals surface area contributed by atoms with Gasteiger partial charge in [-0.05, 0) is 24.1 Å². The van der Waals surface area contributed by atoms with Crippen molar-refractivity contribution in [2.75, 3.05) is 23.3 Å². The first-order valence-corrected chi connectivity index (χ1v) is 9.05. The number of nitrogens with one attached hydrogen (secondary N) is 2. The molecule has 1 aliphatic rings. The molecule has 26 heavy (non-hydrogen) atoms. The third kappa shape index (κ3) is 3.18. The maximum atomic E-state index is 12.4. The maximum absolute atomic E-state index is 12.4. The molecule has 1 aliphatic heterocycles. The van der Waals surface area contributed by atoms with E-state index in [1.54, 1.807) is 12.3 Å². The molecule has 7 nitrogen and oxygen atoms in total. The molecule has 0 fully saturated rings. The van der Waals surface area contributed by atoms with Crippen LogP contribution in [0.3, 0.4) is 0 Å². The van der Waals surface area contributed by atoms with E-state index in [0.717, 1.165) is 24.2 Å². The van der Waals surface area contributed by atoms with Crippen LogP contribution in [0.1, 0.15) is 16.1 Å². The van der Waals surface area contributed by atoms with E-state index >= 15 is 0 Å². The quantitative estimate of drug-likeness (QED) is 0.643. The minimum Gasteiger partial charge on any atom is -0.364 e. The molecule has 0 saturated carbocycles. The number of nitrogens with zero attached hydrogens (tertiary/aromatic N) is 2. The van der Waals surface area contributed by atoms with Crippen LogP contribution in [0, 0.1) is 0 Å². The fourth-order valence-corrected chi connectivity index (χ4v) is 3.79. The van der Waals surface area contributed by atoms with Crippen molar-refractivity contribution in [3.63, 3.8) is 0 Å². The number of carbonyl (C=O) groups excluding carboxylic acids is 2. The van der Waals surface area contributed by atoms with Gasteiger partial charge in [0.05, 0.1) is 12.2 Å². The zero-order valence-corrected chi connectivity index (χ0v) is 14.7. The van der Waals surface area contributed by atoms with Crippen molar-refractivity contribution in [3.8, 4) is 11.3 Å². The van der Waals surface area contributed by atoms with Gasteiger partial charge in [-0.3, -0.25) is 9.59 Å². The zero-order valence-electron chi connectivity index (χ0n) is 13.9. The summed E-state index contributed by atoms with van der Waals surface area (Å²) < 4.78 is 0. The summed E-state index contributed by atoms with van der Waals surface area (Å²) in [7, 11) is 0. The maximum Gasteiger partial charge on any atom is 0.265 e. The van der Waals surface area contributed by atoms with Crippen LogP contribution < -0.4 is 16.0 Å². The van der Waals surface area contributed by atoms with Gasteiger partial charge in [0.15, 0.2) is 5.13 Å². The van der Waals surface area contributed by atoms with Gasteiger partial charge in [-0.25, -0.2) is 4.98 Å². The molecule has 0 spiro atoms. The first kappa shape index (κ1) is 16.3. The predicted octanol–water partition coefficient (Wildman–Crippen LogP) is 2.24. The summed E-state index contributed by atoms with van der Waals surface area (Å²) in [6.07, 6.45) is 2.63. The average Bonchev–Trinajstić information content (AvgIpc) is 3.34. The zero-order chi connectivity index (χ0) is 18.1. The van der Waals surface area contributed by atoms with Gasteiger partial charge >= 0.3 is 0 Å². The van der Waals surface area contributed by atoms with Crippen LogP contribution in [0.5, 0.6) is 0 Å². The Morgan fingerprint density at radius 3 is 3.00 bits per heavy atom. The summed E-state index contributed by atoms with van der Waals surface area (Å²) in [5.41, 5.74) is 9.39. The number of thiazole rings is 1. The highest BCUT2D eigenvalue weighted by molar-refractivity contribution is 7.14. The number of primary amides is 1. The van der Waals surface area contributed by atoms with E-state index in [4.69, 9.17) is 5.73 Å². The normalized spacial score (nSPS) is 12.8. The second-order valence-electron chi connectivity index (χ2n) is 6.05. The van der Waals surface area contributed by atoms with E-state index in [-0.39, 0.29) is 5.91 Å². The largest absolute Gasteiger partial charge is 0.364 e. The Kier molecular flexibility index (Phi) is 4.18. The van der Waals surface area contributed by atoms with E-state index in [2.05, 4.69) is 26.3 Å². The standard InChI is InChI=1S/C18H17N5O2S/c19-17(25)13-7-12(8-20-13)14-10-26-18(21-14)22-16(24)9-23-6-5-11-3-1-2-4-15(11)23/h1-4,7-8,10,20H,5-6,9H2,(H2,19,25)(H,21,22,24). The van der Waals surface area contributed by atoms with E-state index in [1.807, 2.05) is 23.6 Å². The first-order valence-electron chi connectivity index (χ1n) is 8.17. The molecule has 0 unspecified atom stereocenters. The number of carbonyl (C=O) groups is 2.